The van der Waals surface area contributed by atoms with Gasteiger partial charge < -0.3 is 5.32 Å². The molecule has 19 heavy (non-hydrogen) atoms. The molecular weight excluding hydrogens is 248 g/mol. The lowest BCUT2D eigenvalue weighted by Crippen LogP contribution is -2.15. The molecule has 1 heterocycles. The van der Waals surface area contributed by atoms with Gasteiger partial charge in [-0.25, -0.2) is 0 Å². The van der Waals surface area contributed by atoms with Gasteiger partial charge in [0.15, 0.2) is 5.82 Å². The van der Waals surface area contributed by atoms with Crippen LogP contribution in [-0.2, 0) is 20.1 Å². The van der Waals surface area contributed by atoms with E-state index in [1.54, 1.807) is 20.0 Å². The molecule has 0 bridgehead atoms. The highest BCUT2D eigenvalue weighted by Gasteiger charge is 2.12. The van der Waals surface area contributed by atoms with Crippen LogP contribution in [0.2, 0.25) is 0 Å². The zero-order valence-electron chi connectivity index (χ0n) is 10.7. The third-order valence-corrected chi connectivity index (χ3v) is 2.76. The second-order valence-corrected chi connectivity index (χ2v) is 4.12. The molecule has 8 heteroatoms. The quantitative estimate of drug-likeness (QED) is 0.629. The minimum absolute atomic E-state index is 0.136. The Balaban J connectivity index is 2.00. The fraction of sp³-hybridized carbons (Fsp3) is 0.364. The first kappa shape index (κ1) is 13.1. The van der Waals surface area contributed by atoms with E-state index in [0.29, 0.717) is 24.5 Å². The van der Waals surface area contributed by atoms with Crippen LogP contribution in [0.15, 0.2) is 18.2 Å². The Morgan fingerprint density at radius 1 is 1.42 bits per heavy atom. The van der Waals surface area contributed by atoms with Crippen LogP contribution >= 0.6 is 0 Å². The highest BCUT2D eigenvalue weighted by molar-refractivity contribution is 5.44. The van der Waals surface area contributed by atoms with E-state index in [9.17, 15) is 10.1 Å². The number of nitrogens with one attached hydrogen (secondary N) is 1. The van der Waals surface area contributed by atoms with Gasteiger partial charge in [0.1, 0.15) is 0 Å². The predicted octanol–water partition coefficient (Wildman–Crippen LogP) is 0.717. The topological polar surface area (TPSA) is 98.8 Å². The summed E-state index contributed by atoms with van der Waals surface area (Å²) in [4.78, 5) is 11.8. The second-order valence-electron chi connectivity index (χ2n) is 4.12. The first-order valence-electron chi connectivity index (χ1n) is 5.74. The predicted molar refractivity (Wildman–Crippen MR) is 67.2 cm³/mol. The lowest BCUT2D eigenvalue weighted by Gasteiger charge is -2.06. The fourth-order valence-corrected chi connectivity index (χ4v) is 1.76. The molecule has 0 aliphatic heterocycles. The summed E-state index contributed by atoms with van der Waals surface area (Å²) in [6.45, 7) is 2.73. The van der Waals surface area contributed by atoms with Crippen molar-refractivity contribution in [1.29, 1.82) is 0 Å². The number of hydrogen-bond acceptors (Lipinski definition) is 6. The normalized spacial score (nSPS) is 10.6. The third-order valence-electron chi connectivity index (χ3n) is 2.76. The van der Waals surface area contributed by atoms with E-state index in [1.807, 2.05) is 6.07 Å². The number of hydrogen-bond donors (Lipinski definition) is 1. The Kier molecular flexibility index (Phi) is 3.81. The SMILES string of the molecule is Cc1c(CNCc2nnn(C)n2)cccc1[N+](=O)[O-]. The molecule has 0 radical (unpaired) electrons. The number of tetrazole rings is 1. The molecule has 100 valence electrons. The lowest BCUT2D eigenvalue weighted by atomic mass is 10.1. The highest BCUT2D eigenvalue weighted by Crippen LogP contribution is 2.20. The van der Waals surface area contributed by atoms with E-state index in [0.717, 1.165) is 5.56 Å². The van der Waals surface area contributed by atoms with Crippen molar-refractivity contribution in [2.75, 3.05) is 0 Å². The number of aromatic nitrogens is 4. The summed E-state index contributed by atoms with van der Waals surface area (Å²) in [5.74, 6) is 0.589. The van der Waals surface area contributed by atoms with Gasteiger partial charge in [-0.15, -0.1) is 10.2 Å². The van der Waals surface area contributed by atoms with E-state index in [-0.39, 0.29) is 10.6 Å². The Bertz CT molecular complexity index is 595. The second kappa shape index (κ2) is 5.53. The maximum atomic E-state index is 10.8. The standard InChI is InChI=1S/C11H14N6O2/c1-8-9(4-3-5-10(8)17(18)19)6-12-7-11-13-15-16(2)14-11/h3-5,12H,6-7H2,1-2H3. The first-order chi connectivity index (χ1) is 9.08. The van der Waals surface area contributed by atoms with Crippen molar-refractivity contribution in [1.82, 2.24) is 25.5 Å². The van der Waals surface area contributed by atoms with Crippen LogP contribution in [0.1, 0.15) is 17.0 Å². The third kappa shape index (κ3) is 3.10. The van der Waals surface area contributed by atoms with Crippen molar-refractivity contribution in [3.05, 3.63) is 45.3 Å². The molecule has 0 fully saturated rings. The number of nitro groups is 1. The molecule has 0 unspecified atom stereocenters. The lowest BCUT2D eigenvalue weighted by molar-refractivity contribution is -0.385. The van der Waals surface area contributed by atoms with Crippen molar-refractivity contribution in [3.63, 3.8) is 0 Å². The van der Waals surface area contributed by atoms with Gasteiger partial charge in [0.2, 0.25) is 0 Å². The van der Waals surface area contributed by atoms with Gasteiger partial charge in [-0.3, -0.25) is 10.1 Å². The summed E-state index contributed by atoms with van der Waals surface area (Å²) >= 11 is 0. The number of rotatable bonds is 5. The largest absolute Gasteiger partial charge is 0.306 e. The van der Waals surface area contributed by atoms with Gasteiger partial charge in [0.05, 0.1) is 18.5 Å². The molecule has 0 saturated heterocycles. The summed E-state index contributed by atoms with van der Waals surface area (Å²) in [6.07, 6.45) is 0. The smallest absolute Gasteiger partial charge is 0.272 e. The zero-order valence-corrected chi connectivity index (χ0v) is 10.7. The fourth-order valence-electron chi connectivity index (χ4n) is 1.76. The molecule has 1 aromatic heterocycles. The highest BCUT2D eigenvalue weighted by atomic mass is 16.6. The number of benzene rings is 1. The van der Waals surface area contributed by atoms with E-state index >= 15 is 0 Å². The molecule has 0 atom stereocenters. The Labute approximate surface area is 109 Å². The number of nitro benzene ring substituents is 1. The summed E-state index contributed by atoms with van der Waals surface area (Å²) in [7, 11) is 1.70. The maximum Gasteiger partial charge on any atom is 0.272 e. The van der Waals surface area contributed by atoms with Crippen molar-refractivity contribution < 1.29 is 4.92 Å². The van der Waals surface area contributed by atoms with E-state index in [1.165, 1.54) is 10.9 Å². The summed E-state index contributed by atoms with van der Waals surface area (Å²) in [5.41, 5.74) is 1.70. The summed E-state index contributed by atoms with van der Waals surface area (Å²) in [6, 6.07) is 5.05. The van der Waals surface area contributed by atoms with Crippen molar-refractivity contribution in [3.8, 4) is 0 Å². The molecule has 1 aromatic carbocycles. The minimum atomic E-state index is -0.372. The van der Waals surface area contributed by atoms with Crippen LogP contribution in [0.3, 0.4) is 0 Å². The average Bonchev–Trinajstić information content (AvgIpc) is 2.77. The van der Waals surface area contributed by atoms with Gasteiger partial charge in [-0.05, 0) is 17.7 Å². The molecule has 2 aromatic rings. The average molecular weight is 262 g/mol. The van der Waals surface area contributed by atoms with Crippen LogP contribution < -0.4 is 5.32 Å². The summed E-state index contributed by atoms with van der Waals surface area (Å²) in [5, 5.41) is 25.6. The van der Waals surface area contributed by atoms with Crippen molar-refractivity contribution in [2.45, 2.75) is 20.0 Å². The van der Waals surface area contributed by atoms with Crippen LogP contribution in [0, 0.1) is 17.0 Å². The summed E-state index contributed by atoms with van der Waals surface area (Å²) < 4.78 is 0. The molecule has 8 nitrogen and oxygen atoms in total. The number of aryl methyl sites for hydroxylation is 1. The molecule has 0 spiro atoms. The molecule has 0 aliphatic carbocycles. The maximum absolute atomic E-state index is 10.8. The first-order valence-corrected chi connectivity index (χ1v) is 5.74. The zero-order chi connectivity index (χ0) is 13.8. The van der Waals surface area contributed by atoms with Gasteiger partial charge in [-0.1, -0.05) is 12.1 Å². The van der Waals surface area contributed by atoms with E-state index in [2.05, 4.69) is 20.7 Å². The van der Waals surface area contributed by atoms with E-state index < -0.39 is 0 Å². The van der Waals surface area contributed by atoms with Gasteiger partial charge in [0, 0.05) is 18.2 Å². The number of nitrogens with zero attached hydrogens (tertiary/aromatic N) is 5. The van der Waals surface area contributed by atoms with Crippen molar-refractivity contribution >= 4 is 5.69 Å². The van der Waals surface area contributed by atoms with Crippen LogP contribution in [0.4, 0.5) is 5.69 Å². The molecule has 0 amide bonds. The molecule has 0 saturated carbocycles. The molecule has 2 rings (SSSR count). The Morgan fingerprint density at radius 3 is 2.84 bits per heavy atom. The Hall–Kier alpha value is -2.35. The minimum Gasteiger partial charge on any atom is -0.306 e. The molecular formula is C11H14N6O2. The van der Waals surface area contributed by atoms with Gasteiger partial charge in [0.25, 0.3) is 5.69 Å². The monoisotopic (exact) mass is 262 g/mol. The van der Waals surface area contributed by atoms with Crippen LogP contribution in [0.25, 0.3) is 0 Å². The van der Waals surface area contributed by atoms with Crippen LogP contribution in [-0.4, -0.2) is 25.1 Å². The van der Waals surface area contributed by atoms with Crippen molar-refractivity contribution in [2.24, 2.45) is 7.05 Å². The Morgan fingerprint density at radius 2 is 2.21 bits per heavy atom. The molecule has 1 N–H and O–H groups in total. The van der Waals surface area contributed by atoms with E-state index in [4.69, 9.17) is 0 Å². The van der Waals surface area contributed by atoms with Gasteiger partial charge in [-0.2, -0.15) is 4.80 Å². The molecule has 0 aliphatic rings. The van der Waals surface area contributed by atoms with Gasteiger partial charge >= 0.3 is 0 Å². The van der Waals surface area contributed by atoms with Crippen LogP contribution in [0.5, 0.6) is 0 Å².